The van der Waals surface area contributed by atoms with Gasteiger partial charge in [0, 0.05) is 72.6 Å². The molecule has 8 heteroatoms. The van der Waals surface area contributed by atoms with Crippen molar-refractivity contribution in [3.8, 4) is 11.3 Å². The predicted molar refractivity (Wildman–Crippen MR) is 148 cm³/mol. The van der Waals surface area contributed by atoms with Crippen LogP contribution in [0.3, 0.4) is 0 Å². The summed E-state index contributed by atoms with van der Waals surface area (Å²) < 4.78 is 0. The molecule has 0 aromatic carbocycles. The van der Waals surface area contributed by atoms with E-state index in [4.69, 9.17) is 4.98 Å². The number of anilines is 2. The molecule has 3 aromatic heterocycles. The Morgan fingerprint density at radius 1 is 0.973 bits per heavy atom. The first kappa shape index (κ1) is 24.1. The van der Waals surface area contributed by atoms with Gasteiger partial charge in [0.15, 0.2) is 0 Å². The fraction of sp³-hybridized carbons (Fsp3) is 0.517. The van der Waals surface area contributed by atoms with Gasteiger partial charge in [-0.2, -0.15) is 0 Å². The van der Waals surface area contributed by atoms with E-state index < -0.39 is 0 Å². The molecule has 1 amide bonds. The summed E-state index contributed by atoms with van der Waals surface area (Å²) in [4.78, 5) is 29.3. The molecule has 0 unspecified atom stereocenters. The third kappa shape index (κ3) is 5.54. The third-order valence-electron chi connectivity index (χ3n) is 8.20. The molecule has 2 aliphatic heterocycles. The summed E-state index contributed by atoms with van der Waals surface area (Å²) in [7, 11) is 0. The highest BCUT2D eigenvalue weighted by Gasteiger charge is 2.28. The molecule has 1 atom stereocenters. The Morgan fingerprint density at radius 2 is 1.84 bits per heavy atom. The standard InChI is InChI=1S/C29H37N7O/c37-29(34-24-7-11-31-19-24)20-9-14-36(15-10-20)28-25-8-12-30-18-22(25)16-26(35-28)21-6-13-32-27(17-21)33-23-4-2-1-3-5-23/h6,8,12-13,16-18,20,23-24,31H,1-5,7,9-11,14-15,19H2,(H,32,33)(H,34,37)/t24-/m1/s1. The summed E-state index contributed by atoms with van der Waals surface area (Å²) in [5.74, 6) is 2.18. The van der Waals surface area contributed by atoms with E-state index in [9.17, 15) is 4.79 Å². The lowest BCUT2D eigenvalue weighted by Crippen LogP contribution is -2.44. The molecule has 37 heavy (non-hydrogen) atoms. The number of pyridine rings is 3. The highest BCUT2D eigenvalue weighted by Crippen LogP contribution is 2.33. The van der Waals surface area contributed by atoms with E-state index >= 15 is 0 Å². The van der Waals surface area contributed by atoms with Gasteiger partial charge in [-0.25, -0.2) is 9.97 Å². The minimum absolute atomic E-state index is 0.0709. The van der Waals surface area contributed by atoms with Gasteiger partial charge >= 0.3 is 0 Å². The molecule has 5 heterocycles. The lowest BCUT2D eigenvalue weighted by molar-refractivity contribution is -0.126. The van der Waals surface area contributed by atoms with Gasteiger partial charge < -0.3 is 20.9 Å². The maximum Gasteiger partial charge on any atom is 0.223 e. The number of fused-ring (bicyclic) bond motifs is 1. The molecule has 3 fully saturated rings. The van der Waals surface area contributed by atoms with Crippen molar-refractivity contribution >= 4 is 28.3 Å². The van der Waals surface area contributed by atoms with Crippen LogP contribution >= 0.6 is 0 Å². The van der Waals surface area contributed by atoms with Crippen LogP contribution in [-0.4, -0.2) is 59.1 Å². The van der Waals surface area contributed by atoms with Gasteiger partial charge in [0.25, 0.3) is 0 Å². The van der Waals surface area contributed by atoms with E-state index in [0.717, 1.165) is 79.1 Å². The molecule has 1 saturated carbocycles. The lowest BCUT2D eigenvalue weighted by Gasteiger charge is -2.33. The summed E-state index contributed by atoms with van der Waals surface area (Å²) in [6, 6.07) is 9.12. The van der Waals surface area contributed by atoms with Crippen LogP contribution in [0.2, 0.25) is 0 Å². The highest BCUT2D eigenvalue weighted by atomic mass is 16.2. The highest BCUT2D eigenvalue weighted by molar-refractivity contribution is 5.94. The number of carbonyl (C=O) groups is 1. The SMILES string of the molecule is O=C(N[C@@H]1CCNC1)C1CCN(c2nc(-c3ccnc(NC4CCCCC4)c3)cc3cnccc23)CC1. The van der Waals surface area contributed by atoms with E-state index in [2.05, 4.69) is 49.0 Å². The number of carbonyl (C=O) groups excluding carboxylic acids is 1. The minimum atomic E-state index is 0.0709. The average Bonchev–Trinajstić information content (AvgIpc) is 3.46. The zero-order valence-electron chi connectivity index (χ0n) is 21.5. The second-order valence-corrected chi connectivity index (χ2v) is 10.8. The van der Waals surface area contributed by atoms with Crippen LogP contribution in [0.5, 0.6) is 0 Å². The monoisotopic (exact) mass is 499 g/mol. The molecule has 0 radical (unpaired) electrons. The topological polar surface area (TPSA) is 95.1 Å². The number of amides is 1. The number of hydrogen-bond donors (Lipinski definition) is 3. The molecule has 6 rings (SSSR count). The molecule has 0 bridgehead atoms. The number of hydrogen-bond acceptors (Lipinski definition) is 7. The molecule has 3 N–H and O–H groups in total. The average molecular weight is 500 g/mol. The molecule has 8 nitrogen and oxygen atoms in total. The van der Waals surface area contributed by atoms with E-state index in [1.165, 1.54) is 32.1 Å². The van der Waals surface area contributed by atoms with E-state index in [1.54, 1.807) is 0 Å². The first-order valence-corrected chi connectivity index (χ1v) is 14.0. The van der Waals surface area contributed by atoms with Crippen LogP contribution in [0.1, 0.15) is 51.4 Å². The largest absolute Gasteiger partial charge is 0.367 e. The predicted octanol–water partition coefficient (Wildman–Crippen LogP) is 4.13. The van der Waals surface area contributed by atoms with Gasteiger partial charge in [0.05, 0.1) is 5.69 Å². The van der Waals surface area contributed by atoms with Crippen molar-refractivity contribution in [2.45, 2.75) is 63.5 Å². The Bertz CT molecular complexity index is 1230. The Morgan fingerprint density at radius 3 is 2.65 bits per heavy atom. The van der Waals surface area contributed by atoms with E-state index in [1.807, 2.05) is 24.7 Å². The second-order valence-electron chi connectivity index (χ2n) is 10.8. The zero-order chi connectivity index (χ0) is 25.0. The molecular weight excluding hydrogens is 462 g/mol. The van der Waals surface area contributed by atoms with Crippen molar-refractivity contribution in [1.29, 1.82) is 0 Å². The summed E-state index contributed by atoms with van der Waals surface area (Å²) >= 11 is 0. The number of nitrogens with one attached hydrogen (secondary N) is 3. The van der Waals surface area contributed by atoms with Crippen LogP contribution in [0.15, 0.2) is 42.9 Å². The van der Waals surface area contributed by atoms with Crippen LogP contribution in [-0.2, 0) is 4.79 Å². The van der Waals surface area contributed by atoms with Gasteiger partial charge in [-0.1, -0.05) is 19.3 Å². The smallest absolute Gasteiger partial charge is 0.223 e. The lowest BCUT2D eigenvalue weighted by atomic mass is 9.95. The van der Waals surface area contributed by atoms with Gasteiger partial charge in [0.1, 0.15) is 11.6 Å². The van der Waals surface area contributed by atoms with Crippen molar-refractivity contribution < 1.29 is 4.79 Å². The van der Waals surface area contributed by atoms with Crippen molar-refractivity contribution in [1.82, 2.24) is 25.6 Å². The van der Waals surface area contributed by atoms with Crippen LogP contribution < -0.4 is 20.9 Å². The first-order valence-electron chi connectivity index (χ1n) is 14.0. The van der Waals surface area contributed by atoms with Crippen molar-refractivity contribution in [2.75, 3.05) is 36.4 Å². The minimum Gasteiger partial charge on any atom is -0.367 e. The maximum absolute atomic E-state index is 12.8. The van der Waals surface area contributed by atoms with Crippen molar-refractivity contribution in [2.24, 2.45) is 5.92 Å². The summed E-state index contributed by atoms with van der Waals surface area (Å²) in [5.41, 5.74) is 1.98. The van der Waals surface area contributed by atoms with Crippen molar-refractivity contribution in [3.05, 3.63) is 42.9 Å². The van der Waals surface area contributed by atoms with Crippen LogP contribution in [0.25, 0.3) is 22.0 Å². The zero-order valence-corrected chi connectivity index (χ0v) is 21.5. The van der Waals surface area contributed by atoms with Gasteiger partial charge in [-0.3, -0.25) is 9.78 Å². The number of rotatable bonds is 6. The Labute approximate surface area is 218 Å². The number of nitrogens with zero attached hydrogens (tertiary/aromatic N) is 4. The quantitative estimate of drug-likeness (QED) is 0.469. The van der Waals surface area contributed by atoms with E-state index in [-0.39, 0.29) is 17.9 Å². The third-order valence-corrected chi connectivity index (χ3v) is 8.20. The fourth-order valence-corrected chi connectivity index (χ4v) is 6.04. The molecule has 0 spiro atoms. The van der Waals surface area contributed by atoms with Gasteiger partial charge in [-0.05, 0) is 62.9 Å². The summed E-state index contributed by atoms with van der Waals surface area (Å²) in [6.07, 6.45) is 14.7. The second kappa shape index (κ2) is 11.0. The summed E-state index contributed by atoms with van der Waals surface area (Å²) in [6.45, 7) is 3.51. The normalized spacial score (nSPS) is 21.3. The van der Waals surface area contributed by atoms with Crippen LogP contribution in [0.4, 0.5) is 11.6 Å². The number of piperidine rings is 1. The van der Waals surface area contributed by atoms with Crippen LogP contribution in [0, 0.1) is 5.92 Å². The van der Waals surface area contributed by atoms with E-state index in [0.29, 0.717) is 6.04 Å². The first-order chi connectivity index (χ1) is 18.2. The molecule has 2 saturated heterocycles. The maximum atomic E-state index is 12.8. The molecule has 194 valence electrons. The van der Waals surface area contributed by atoms with Gasteiger partial charge in [0.2, 0.25) is 5.91 Å². The summed E-state index contributed by atoms with van der Waals surface area (Å²) in [5, 5.41) is 12.4. The van der Waals surface area contributed by atoms with Gasteiger partial charge in [-0.15, -0.1) is 0 Å². The van der Waals surface area contributed by atoms with Crippen molar-refractivity contribution in [3.63, 3.8) is 0 Å². The number of aromatic nitrogens is 3. The molecule has 3 aliphatic rings. The Balaban J connectivity index is 1.21. The molecule has 3 aromatic rings. The Kier molecular flexibility index (Phi) is 7.17. The molecule has 1 aliphatic carbocycles. The Hall–Kier alpha value is -3.26. The molecular formula is C29H37N7O. The fourth-order valence-electron chi connectivity index (χ4n) is 6.04.